The van der Waals surface area contributed by atoms with Crippen LogP contribution in [0.1, 0.15) is 23.2 Å². The molecular formula is C20H26N2O2. The second-order valence-corrected chi connectivity index (χ2v) is 6.30. The van der Waals surface area contributed by atoms with Crippen LogP contribution in [0.2, 0.25) is 0 Å². The Morgan fingerprint density at radius 2 is 1.17 bits per heavy atom. The summed E-state index contributed by atoms with van der Waals surface area (Å²) in [6.45, 7) is 3.38. The van der Waals surface area contributed by atoms with Crippen LogP contribution in [0.15, 0.2) is 60.7 Å². The van der Waals surface area contributed by atoms with E-state index in [-0.39, 0.29) is 25.3 Å². The maximum atomic E-state index is 9.62. The van der Waals surface area contributed by atoms with Gasteiger partial charge in [0, 0.05) is 38.3 Å². The average Bonchev–Trinajstić information content (AvgIpc) is 2.64. The van der Waals surface area contributed by atoms with Crippen LogP contribution >= 0.6 is 0 Å². The molecule has 0 aromatic heterocycles. The molecule has 1 fully saturated rings. The van der Waals surface area contributed by atoms with Crippen molar-refractivity contribution in [2.45, 2.75) is 12.1 Å². The minimum atomic E-state index is 0.146. The van der Waals surface area contributed by atoms with Gasteiger partial charge >= 0.3 is 0 Å². The summed E-state index contributed by atoms with van der Waals surface area (Å²) in [5.74, 6) is 0. The zero-order valence-corrected chi connectivity index (χ0v) is 14.0. The Bertz CT molecular complexity index is 556. The molecule has 0 radical (unpaired) electrons. The molecule has 0 bridgehead atoms. The lowest BCUT2D eigenvalue weighted by Crippen LogP contribution is -2.51. The van der Waals surface area contributed by atoms with Gasteiger partial charge in [0.2, 0.25) is 0 Å². The fourth-order valence-electron chi connectivity index (χ4n) is 3.69. The number of piperazine rings is 1. The Kier molecular flexibility index (Phi) is 5.99. The van der Waals surface area contributed by atoms with Crippen molar-refractivity contribution in [3.63, 3.8) is 0 Å². The van der Waals surface area contributed by atoms with Crippen molar-refractivity contribution < 1.29 is 10.2 Å². The normalized spacial score (nSPS) is 22.6. The van der Waals surface area contributed by atoms with Crippen molar-refractivity contribution in [1.29, 1.82) is 0 Å². The van der Waals surface area contributed by atoms with Gasteiger partial charge in [-0.25, -0.2) is 0 Å². The van der Waals surface area contributed by atoms with Crippen molar-refractivity contribution in [3.05, 3.63) is 71.8 Å². The van der Waals surface area contributed by atoms with Gasteiger partial charge in [0.1, 0.15) is 0 Å². The molecule has 2 aromatic carbocycles. The Hall–Kier alpha value is -1.72. The van der Waals surface area contributed by atoms with Crippen LogP contribution in [0.25, 0.3) is 0 Å². The Morgan fingerprint density at radius 3 is 1.58 bits per heavy atom. The molecule has 4 nitrogen and oxygen atoms in total. The van der Waals surface area contributed by atoms with Gasteiger partial charge in [-0.05, 0) is 11.1 Å². The number of benzene rings is 2. The van der Waals surface area contributed by atoms with Crippen LogP contribution in [0.3, 0.4) is 0 Å². The maximum absolute atomic E-state index is 9.62. The van der Waals surface area contributed by atoms with Gasteiger partial charge in [-0.3, -0.25) is 9.80 Å². The van der Waals surface area contributed by atoms with E-state index in [0.717, 1.165) is 13.1 Å². The van der Waals surface area contributed by atoms with E-state index < -0.39 is 0 Å². The highest BCUT2D eigenvalue weighted by atomic mass is 16.3. The number of nitrogens with zero attached hydrogens (tertiary/aromatic N) is 2. The highest BCUT2D eigenvalue weighted by molar-refractivity contribution is 5.25. The SMILES string of the molecule is OCCN1CC(c2ccccc2)N(CCO)C(c2ccccc2)C1. The number of β-amino-alcohol motifs (C(OH)–C–C–N with tert-alkyl or cyclic N) is 2. The third-order valence-corrected chi connectivity index (χ3v) is 4.81. The van der Waals surface area contributed by atoms with E-state index >= 15 is 0 Å². The smallest absolute Gasteiger partial charge is 0.0558 e. The summed E-state index contributed by atoms with van der Waals surface area (Å²) < 4.78 is 0. The molecule has 2 aromatic rings. The van der Waals surface area contributed by atoms with Crippen LogP contribution in [-0.4, -0.2) is 59.4 Å². The number of hydrogen-bond acceptors (Lipinski definition) is 4. The van der Waals surface area contributed by atoms with Gasteiger partial charge in [-0.2, -0.15) is 0 Å². The predicted molar refractivity (Wildman–Crippen MR) is 95.7 cm³/mol. The molecule has 1 heterocycles. The van der Waals surface area contributed by atoms with Gasteiger partial charge < -0.3 is 10.2 Å². The number of rotatable bonds is 6. The first-order valence-corrected chi connectivity index (χ1v) is 8.63. The van der Waals surface area contributed by atoms with E-state index in [9.17, 15) is 10.2 Å². The lowest BCUT2D eigenvalue weighted by atomic mass is 9.94. The summed E-state index contributed by atoms with van der Waals surface area (Å²) in [6.07, 6.45) is 0. The molecule has 1 aliphatic heterocycles. The minimum Gasteiger partial charge on any atom is -0.395 e. The number of aliphatic hydroxyl groups excluding tert-OH is 2. The van der Waals surface area contributed by atoms with Gasteiger partial charge in [-0.15, -0.1) is 0 Å². The largest absolute Gasteiger partial charge is 0.395 e. The third kappa shape index (κ3) is 3.84. The molecule has 0 amide bonds. The fourth-order valence-corrected chi connectivity index (χ4v) is 3.69. The summed E-state index contributed by atoms with van der Waals surface area (Å²) >= 11 is 0. The monoisotopic (exact) mass is 326 g/mol. The van der Waals surface area contributed by atoms with E-state index in [1.54, 1.807) is 0 Å². The van der Waals surface area contributed by atoms with Crippen molar-refractivity contribution in [1.82, 2.24) is 9.80 Å². The topological polar surface area (TPSA) is 46.9 Å². The molecule has 0 spiro atoms. The molecule has 4 heteroatoms. The van der Waals surface area contributed by atoms with E-state index in [4.69, 9.17) is 0 Å². The molecule has 0 saturated carbocycles. The first-order chi connectivity index (χ1) is 11.8. The van der Waals surface area contributed by atoms with Crippen molar-refractivity contribution in [2.75, 3.05) is 39.4 Å². The molecule has 2 unspecified atom stereocenters. The van der Waals surface area contributed by atoms with Crippen LogP contribution < -0.4 is 0 Å². The van der Waals surface area contributed by atoms with Gasteiger partial charge in [0.15, 0.2) is 0 Å². The van der Waals surface area contributed by atoms with Gasteiger partial charge in [-0.1, -0.05) is 60.7 Å². The summed E-state index contributed by atoms with van der Waals surface area (Å²) in [6, 6.07) is 21.4. The van der Waals surface area contributed by atoms with Crippen LogP contribution in [0.4, 0.5) is 0 Å². The van der Waals surface area contributed by atoms with Gasteiger partial charge in [0.05, 0.1) is 13.2 Å². The highest BCUT2D eigenvalue weighted by Crippen LogP contribution is 2.35. The molecule has 1 aliphatic rings. The molecule has 2 atom stereocenters. The average molecular weight is 326 g/mol. The van der Waals surface area contributed by atoms with Gasteiger partial charge in [0.25, 0.3) is 0 Å². The van der Waals surface area contributed by atoms with E-state index in [2.05, 4.69) is 58.3 Å². The standard InChI is InChI=1S/C20H26N2O2/c23-13-11-21-15-19(17-7-3-1-4-8-17)22(12-14-24)20(16-21)18-9-5-2-6-10-18/h1-10,19-20,23-24H,11-16H2. The lowest BCUT2D eigenvalue weighted by Gasteiger charge is -2.47. The summed E-state index contributed by atoms with van der Waals surface area (Å²) in [7, 11) is 0. The van der Waals surface area contributed by atoms with Crippen molar-refractivity contribution >= 4 is 0 Å². The molecule has 1 saturated heterocycles. The molecule has 24 heavy (non-hydrogen) atoms. The van der Waals surface area contributed by atoms with Crippen molar-refractivity contribution in [2.24, 2.45) is 0 Å². The van der Waals surface area contributed by atoms with Crippen molar-refractivity contribution in [3.8, 4) is 0 Å². The molecule has 3 rings (SSSR count). The molecule has 128 valence electrons. The zero-order valence-electron chi connectivity index (χ0n) is 14.0. The second-order valence-electron chi connectivity index (χ2n) is 6.30. The Balaban J connectivity index is 1.95. The van der Waals surface area contributed by atoms with Crippen LogP contribution in [-0.2, 0) is 0 Å². The van der Waals surface area contributed by atoms with E-state index in [1.165, 1.54) is 11.1 Å². The lowest BCUT2D eigenvalue weighted by molar-refractivity contribution is 0.00437. The van der Waals surface area contributed by atoms with E-state index in [0.29, 0.717) is 13.1 Å². The summed E-state index contributed by atoms with van der Waals surface area (Å²) in [5.41, 5.74) is 2.52. The second kappa shape index (κ2) is 8.40. The van der Waals surface area contributed by atoms with Crippen LogP contribution in [0.5, 0.6) is 0 Å². The third-order valence-electron chi connectivity index (χ3n) is 4.81. The Labute approximate surface area is 144 Å². The van der Waals surface area contributed by atoms with E-state index in [1.807, 2.05) is 12.1 Å². The number of hydrogen-bond donors (Lipinski definition) is 2. The molecular weight excluding hydrogens is 300 g/mol. The zero-order chi connectivity index (χ0) is 16.8. The number of aliphatic hydroxyl groups is 2. The quantitative estimate of drug-likeness (QED) is 0.853. The Morgan fingerprint density at radius 1 is 0.708 bits per heavy atom. The highest BCUT2D eigenvalue weighted by Gasteiger charge is 2.35. The molecule has 0 aliphatic carbocycles. The first-order valence-electron chi connectivity index (χ1n) is 8.63. The first kappa shape index (κ1) is 17.1. The predicted octanol–water partition coefficient (Wildman–Crippen LogP) is 2.07. The minimum absolute atomic E-state index is 0.146. The summed E-state index contributed by atoms with van der Waals surface area (Å²) in [5, 5.41) is 19.0. The molecule has 2 N–H and O–H groups in total. The fraction of sp³-hybridized carbons (Fsp3) is 0.400. The maximum Gasteiger partial charge on any atom is 0.0558 e. The summed E-state index contributed by atoms with van der Waals surface area (Å²) in [4.78, 5) is 4.72. The van der Waals surface area contributed by atoms with Crippen LogP contribution in [0, 0.1) is 0 Å².